The molecule has 2 rings (SSSR count). The van der Waals surface area contributed by atoms with Crippen molar-refractivity contribution in [2.75, 3.05) is 18.5 Å². The first kappa shape index (κ1) is 17.7. The standard InChI is InChI=1S/C19H23NO4/c1-4-22-16-9-11-17(12-10-16)23-13-19(21)20-15-5-7-18(8-6-15)24-14(2)3/h5-12,14H,4,13H2,1-3H3,(H,20,21). The first-order valence-corrected chi connectivity index (χ1v) is 7.99. The molecule has 0 aliphatic heterocycles. The van der Waals surface area contributed by atoms with E-state index < -0.39 is 0 Å². The predicted molar refractivity (Wildman–Crippen MR) is 93.9 cm³/mol. The second-order valence-corrected chi connectivity index (χ2v) is 5.43. The monoisotopic (exact) mass is 329 g/mol. The van der Waals surface area contributed by atoms with Crippen LogP contribution in [0.4, 0.5) is 5.69 Å². The van der Waals surface area contributed by atoms with E-state index in [1.54, 1.807) is 24.3 Å². The van der Waals surface area contributed by atoms with Gasteiger partial charge in [0.2, 0.25) is 0 Å². The third-order valence-electron chi connectivity index (χ3n) is 3.01. The lowest BCUT2D eigenvalue weighted by Crippen LogP contribution is -2.20. The molecule has 0 aliphatic carbocycles. The maximum atomic E-state index is 11.9. The molecule has 0 atom stereocenters. The average Bonchev–Trinajstić information content (AvgIpc) is 2.56. The first-order chi connectivity index (χ1) is 11.6. The van der Waals surface area contributed by atoms with E-state index in [1.807, 2.05) is 45.0 Å². The number of carbonyl (C=O) groups is 1. The second kappa shape index (κ2) is 8.82. The van der Waals surface area contributed by atoms with Crippen LogP contribution in [-0.2, 0) is 4.79 Å². The van der Waals surface area contributed by atoms with E-state index in [4.69, 9.17) is 14.2 Å². The van der Waals surface area contributed by atoms with E-state index in [1.165, 1.54) is 0 Å². The summed E-state index contributed by atoms with van der Waals surface area (Å²) in [7, 11) is 0. The number of nitrogens with one attached hydrogen (secondary N) is 1. The molecule has 2 aromatic rings. The van der Waals surface area contributed by atoms with Gasteiger partial charge in [0.05, 0.1) is 12.7 Å². The van der Waals surface area contributed by atoms with Gasteiger partial charge in [0.25, 0.3) is 5.91 Å². The largest absolute Gasteiger partial charge is 0.494 e. The molecule has 0 heterocycles. The Kier molecular flexibility index (Phi) is 6.49. The third kappa shape index (κ3) is 5.83. The van der Waals surface area contributed by atoms with Gasteiger partial charge in [-0.3, -0.25) is 4.79 Å². The molecule has 0 aromatic heterocycles. The molecular formula is C19H23NO4. The minimum Gasteiger partial charge on any atom is -0.494 e. The van der Waals surface area contributed by atoms with Crippen molar-refractivity contribution in [1.82, 2.24) is 0 Å². The Labute approximate surface area is 142 Å². The fraction of sp³-hybridized carbons (Fsp3) is 0.316. The van der Waals surface area contributed by atoms with Gasteiger partial charge in [0, 0.05) is 5.69 Å². The molecule has 128 valence electrons. The number of benzene rings is 2. The smallest absolute Gasteiger partial charge is 0.262 e. The minimum absolute atomic E-state index is 0.0573. The number of hydrogen-bond donors (Lipinski definition) is 1. The summed E-state index contributed by atoms with van der Waals surface area (Å²) in [4.78, 5) is 11.9. The van der Waals surface area contributed by atoms with Gasteiger partial charge in [0.1, 0.15) is 17.2 Å². The first-order valence-electron chi connectivity index (χ1n) is 7.99. The number of rotatable bonds is 8. The summed E-state index contributed by atoms with van der Waals surface area (Å²) >= 11 is 0. The van der Waals surface area contributed by atoms with Crippen LogP contribution in [0.2, 0.25) is 0 Å². The van der Waals surface area contributed by atoms with Crippen molar-refractivity contribution in [2.45, 2.75) is 26.9 Å². The van der Waals surface area contributed by atoms with E-state index in [0.717, 1.165) is 11.5 Å². The van der Waals surface area contributed by atoms with Gasteiger partial charge >= 0.3 is 0 Å². The molecule has 0 spiro atoms. The molecule has 1 amide bonds. The van der Waals surface area contributed by atoms with Crippen LogP contribution in [0.25, 0.3) is 0 Å². The van der Waals surface area contributed by atoms with Gasteiger partial charge in [-0.1, -0.05) is 0 Å². The molecule has 24 heavy (non-hydrogen) atoms. The number of ether oxygens (including phenoxy) is 3. The summed E-state index contributed by atoms with van der Waals surface area (Å²) in [6, 6.07) is 14.4. The van der Waals surface area contributed by atoms with E-state index in [-0.39, 0.29) is 18.6 Å². The average molecular weight is 329 g/mol. The highest BCUT2D eigenvalue weighted by atomic mass is 16.5. The van der Waals surface area contributed by atoms with Crippen LogP contribution in [0.5, 0.6) is 17.2 Å². The van der Waals surface area contributed by atoms with Crippen LogP contribution in [0, 0.1) is 0 Å². The number of carbonyl (C=O) groups excluding carboxylic acids is 1. The molecule has 0 fully saturated rings. The molecule has 2 aromatic carbocycles. The van der Waals surface area contributed by atoms with E-state index in [0.29, 0.717) is 18.0 Å². The van der Waals surface area contributed by atoms with E-state index >= 15 is 0 Å². The second-order valence-electron chi connectivity index (χ2n) is 5.43. The van der Waals surface area contributed by atoms with E-state index in [2.05, 4.69) is 5.32 Å². The van der Waals surface area contributed by atoms with Crippen molar-refractivity contribution < 1.29 is 19.0 Å². The van der Waals surface area contributed by atoms with Gasteiger partial charge in [-0.05, 0) is 69.3 Å². The molecule has 0 unspecified atom stereocenters. The lowest BCUT2D eigenvalue weighted by Gasteiger charge is -2.11. The van der Waals surface area contributed by atoms with Gasteiger partial charge in [-0.2, -0.15) is 0 Å². The van der Waals surface area contributed by atoms with Gasteiger partial charge in [-0.25, -0.2) is 0 Å². The number of amides is 1. The highest BCUT2D eigenvalue weighted by Gasteiger charge is 2.05. The van der Waals surface area contributed by atoms with Crippen LogP contribution >= 0.6 is 0 Å². The molecule has 1 N–H and O–H groups in total. The Morgan fingerprint density at radius 2 is 1.46 bits per heavy atom. The lowest BCUT2D eigenvalue weighted by atomic mass is 10.3. The normalized spacial score (nSPS) is 10.3. The number of anilines is 1. The van der Waals surface area contributed by atoms with Gasteiger partial charge in [-0.15, -0.1) is 0 Å². The molecular weight excluding hydrogens is 306 g/mol. The Hall–Kier alpha value is -2.69. The fourth-order valence-corrected chi connectivity index (χ4v) is 2.03. The molecule has 0 aliphatic rings. The van der Waals surface area contributed by atoms with Crippen molar-refractivity contribution in [3.63, 3.8) is 0 Å². The lowest BCUT2D eigenvalue weighted by molar-refractivity contribution is -0.118. The molecule has 0 radical (unpaired) electrons. The van der Waals surface area contributed by atoms with Crippen LogP contribution in [0.1, 0.15) is 20.8 Å². The van der Waals surface area contributed by atoms with Crippen molar-refractivity contribution in [1.29, 1.82) is 0 Å². The van der Waals surface area contributed by atoms with Gasteiger partial charge in [0.15, 0.2) is 6.61 Å². The molecule has 0 saturated carbocycles. The Morgan fingerprint density at radius 3 is 2.00 bits per heavy atom. The highest BCUT2D eigenvalue weighted by Crippen LogP contribution is 2.18. The zero-order chi connectivity index (χ0) is 17.4. The zero-order valence-electron chi connectivity index (χ0n) is 14.2. The predicted octanol–water partition coefficient (Wildman–Crippen LogP) is 3.89. The zero-order valence-corrected chi connectivity index (χ0v) is 14.2. The van der Waals surface area contributed by atoms with Gasteiger partial charge < -0.3 is 19.5 Å². The van der Waals surface area contributed by atoms with Crippen molar-refractivity contribution in [2.24, 2.45) is 0 Å². The van der Waals surface area contributed by atoms with Crippen molar-refractivity contribution in [3.05, 3.63) is 48.5 Å². The van der Waals surface area contributed by atoms with Crippen LogP contribution in [-0.4, -0.2) is 25.2 Å². The topological polar surface area (TPSA) is 56.8 Å². The summed E-state index contributed by atoms with van der Waals surface area (Å²) in [5.74, 6) is 1.95. The van der Waals surface area contributed by atoms with Crippen molar-refractivity contribution in [3.8, 4) is 17.2 Å². The third-order valence-corrected chi connectivity index (χ3v) is 3.01. The summed E-state index contributed by atoms with van der Waals surface area (Å²) in [5.41, 5.74) is 0.700. The Bertz CT molecular complexity index is 635. The maximum absolute atomic E-state index is 11.9. The summed E-state index contributed by atoms with van der Waals surface area (Å²) < 4.78 is 16.4. The summed E-state index contributed by atoms with van der Waals surface area (Å²) in [6.07, 6.45) is 0.118. The highest BCUT2D eigenvalue weighted by molar-refractivity contribution is 5.91. The van der Waals surface area contributed by atoms with Crippen LogP contribution in [0.15, 0.2) is 48.5 Å². The van der Waals surface area contributed by atoms with Crippen LogP contribution < -0.4 is 19.5 Å². The molecule has 5 nitrogen and oxygen atoms in total. The molecule has 5 heteroatoms. The summed E-state index contributed by atoms with van der Waals surface area (Å²) in [6.45, 7) is 6.42. The van der Waals surface area contributed by atoms with Crippen molar-refractivity contribution >= 4 is 11.6 Å². The summed E-state index contributed by atoms with van der Waals surface area (Å²) in [5, 5.41) is 2.78. The Balaban J connectivity index is 1.80. The SMILES string of the molecule is CCOc1ccc(OCC(=O)Nc2ccc(OC(C)C)cc2)cc1. The maximum Gasteiger partial charge on any atom is 0.262 e. The Morgan fingerprint density at radius 1 is 0.917 bits per heavy atom. The fourth-order valence-electron chi connectivity index (χ4n) is 2.03. The number of hydrogen-bond acceptors (Lipinski definition) is 4. The molecule has 0 bridgehead atoms. The quantitative estimate of drug-likeness (QED) is 0.798. The minimum atomic E-state index is -0.221. The van der Waals surface area contributed by atoms with Crippen LogP contribution in [0.3, 0.4) is 0 Å². The van der Waals surface area contributed by atoms with E-state index in [9.17, 15) is 4.79 Å². The molecule has 0 saturated heterocycles.